The number of carbonyl (C=O) groups excluding carboxylic acids is 5. The fourth-order valence-corrected chi connectivity index (χ4v) is 6.97. The van der Waals surface area contributed by atoms with Crippen LogP contribution in [0, 0.1) is 0 Å². The van der Waals surface area contributed by atoms with Crippen molar-refractivity contribution in [3.63, 3.8) is 0 Å². The predicted molar refractivity (Wildman–Crippen MR) is 210 cm³/mol. The van der Waals surface area contributed by atoms with Crippen molar-refractivity contribution in [2.45, 2.75) is 45.2 Å². The normalized spacial score (nSPS) is 15.5. The lowest BCUT2D eigenvalue weighted by molar-refractivity contribution is -0.137. The third-order valence-corrected chi connectivity index (χ3v) is 9.94. The second-order valence-corrected chi connectivity index (χ2v) is 13.8. The highest BCUT2D eigenvalue weighted by Gasteiger charge is 2.39. The molecule has 0 aromatic heterocycles. The molecule has 4 aromatic rings. The van der Waals surface area contributed by atoms with Crippen LogP contribution in [0.4, 0.5) is 0 Å². The van der Waals surface area contributed by atoms with Gasteiger partial charge in [0.15, 0.2) is 0 Å². The number of hydrogen-bond acceptors (Lipinski definition) is 8. The summed E-state index contributed by atoms with van der Waals surface area (Å²) in [5.41, 5.74) is 7.36. The Kier molecular flexibility index (Phi) is 12.9. The van der Waals surface area contributed by atoms with Crippen molar-refractivity contribution in [1.82, 2.24) is 20.4 Å². The van der Waals surface area contributed by atoms with Gasteiger partial charge in [-0.2, -0.15) is 0 Å². The van der Waals surface area contributed by atoms with Crippen LogP contribution in [0.25, 0.3) is 11.1 Å². The van der Waals surface area contributed by atoms with Crippen LogP contribution in [0.15, 0.2) is 97.1 Å². The van der Waals surface area contributed by atoms with Gasteiger partial charge in [0.25, 0.3) is 5.91 Å². The Balaban J connectivity index is 0.911. The van der Waals surface area contributed by atoms with Gasteiger partial charge in [-0.25, -0.2) is 0 Å². The van der Waals surface area contributed by atoms with Crippen LogP contribution in [-0.2, 0) is 36.9 Å². The molecule has 12 nitrogen and oxygen atoms in total. The molecule has 0 spiro atoms. The molecule has 0 unspecified atom stereocenters. The van der Waals surface area contributed by atoms with Crippen molar-refractivity contribution < 1.29 is 38.6 Å². The molecule has 0 radical (unpaired) electrons. The summed E-state index contributed by atoms with van der Waals surface area (Å²) in [5.74, 6) is -0.635. The highest BCUT2D eigenvalue weighted by molar-refractivity contribution is 6.05. The third kappa shape index (κ3) is 9.69. The number of nitrogens with one attached hydrogen (secondary N) is 2. The first-order valence-electron chi connectivity index (χ1n) is 18.8. The molecule has 1 fully saturated rings. The van der Waals surface area contributed by atoms with Crippen LogP contribution in [0.2, 0.25) is 0 Å². The molecule has 1 atom stereocenters. The molecule has 4 aromatic carbocycles. The quantitative estimate of drug-likeness (QED) is 0.0842. The number of phenolic OH excluding ortho intramolecular Hbond substituents is 1. The first kappa shape index (κ1) is 39.4. The molecule has 56 heavy (non-hydrogen) atoms. The smallest absolute Gasteiger partial charge is 0.255 e. The fourth-order valence-electron chi connectivity index (χ4n) is 6.97. The first-order valence-corrected chi connectivity index (χ1v) is 18.8. The van der Waals surface area contributed by atoms with Gasteiger partial charge in [-0.15, -0.1) is 0 Å². The van der Waals surface area contributed by atoms with Crippen LogP contribution in [0.1, 0.15) is 64.4 Å². The molecule has 3 N–H and O–H groups in total. The first-order chi connectivity index (χ1) is 27.1. The zero-order valence-corrected chi connectivity index (χ0v) is 31.6. The Bertz CT molecular complexity index is 2100. The monoisotopic (exact) mass is 758 g/mol. The number of hydrogen-bond donors (Lipinski definition) is 3. The lowest BCUT2D eigenvalue weighted by atomic mass is 9.88. The van der Waals surface area contributed by atoms with Crippen LogP contribution < -0.4 is 15.4 Å². The minimum atomic E-state index is -0.695. The van der Waals surface area contributed by atoms with E-state index in [4.69, 9.17) is 9.47 Å². The van der Waals surface area contributed by atoms with Crippen LogP contribution in [-0.4, -0.2) is 90.4 Å². The molecule has 0 bridgehead atoms. The fraction of sp³-hybridized carbons (Fsp3) is 0.295. The molecule has 5 amide bonds. The zero-order chi connectivity index (χ0) is 39.6. The van der Waals surface area contributed by atoms with Crippen molar-refractivity contribution >= 4 is 40.7 Å². The van der Waals surface area contributed by atoms with E-state index in [1.807, 2.05) is 54.6 Å². The number of fused-ring (bicyclic) bond motifs is 1. The van der Waals surface area contributed by atoms with E-state index in [2.05, 4.69) is 29.7 Å². The van der Waals surface area contributed by atoms with E-state index in [1.54, 1.807) is 37.4 Å². The molecule has 1 saturated heterocycles. The Morgan fingerprint density at radius 3 is 2.32 bits per heavy atom. The Morgan fingerprint density at radius 2 is 1.62 bits per heavy atom. The summed E-state index contributed by atoms with van der Waals surface area (Å²) in [4.78, 5) is 65.0. The van der Waals surface area contributed by atoms with Crippen molar-refractivity contribution in [3.8, 4) is 11.5 Å². The summed E-state index contributed by atoms with van der Waals surface area (Å²) in [6, 6.07) is 29.8. The number of nitrogens with zero attached hydrogens (tertiary/aromatic N) is 2. The number of carbonyl (C=O) groups is 5. The lowest BCUT2D eigenvalue weighted by Gasteiger charge is -2.29. The molecule has 12 heteroatoms. The Morgan fingerprint density at radius 1 is 0.911 bits per heavy atom. The minimum Gasteiger partial charge on any atom is -0.508 e. The number of ether oxygens (including phenoxy) is 2. The van der Waals surface area contributed by atoms with Gasteiger partial charge in [0.05, 0.1) is 19.6 Å². The second kappa shape index (κ2) is 18.4. The number of amides is 5. The van der Waals surface area contributed by atoms with Gasteiger partial charge in [-0.05, 0) is 82.1 Å². The van der Waals surface area contributed by atoms with Crippen molar-refractivity contribution in [2.24, 2.45) is 0 Å². The number of likely N-dealkylation sites (N-methyl/N-ethyl adjacent to an activating group) is 1. The van der Waals surface area contributed by atoms with Crippen LogP contribution >= 0.6 is 0 Å². The maximum atomic E-state index is 12.9. The van der Waals surface area contributed by atoms with Gasteiger partial charge < -0.3 is 29.7 Å². The minimum absolute atomic E-state index is 0.0913. The number of aromatic hydroxyl groups is 1. The number of phenols is 1. The Hall–Kier alpha value is -6.27. The second-order valence-electron chi connectivity index (χ2n) is 13.8. The van der Waals surface area contributed by atoms with Crippen molar-refractivity contribution in [1.29, 1.82) is 0 Å². The molecule has 2 aliphatic heterocycles. The van der Waals surface area contributed by atoms with Gasteiger partial charge >= 0.3 is 0 Å². The molecular formula is C44H46N4O8. The highest BCUT2D eigenvalue weighted by Crippen LogP contribution is 2.35. The van der Waals surface area contributed by atoms with Gasteiger partial charge in [0, 0.05) is 32.1 Å². The van der Waals surface area contributed by atoms with E-state index in [0.717, 1.165) is 39.8 Å². The summed E-state index contributed by atoms with van der Waals surface area (Å²) in [5, 5.41) is 15.0. The molecule has 2 heterocycles. The van der Waals surface area contributed by atoms with Crippen LogP contribution in [0.5, 0.6) is 11.5 Å². The number of imide groups is 1. The summed E-state index contributed by atoms with van der Waals surface area (Å²) in [6.45, 7) is 3.24. The van der Waals surface area contributed by atoms with Gasteiger partial charge in [-0.1, -0.05) is 73.7 Å². The summed E-state index contributed by atoms with van der Waals surface area (Å²) in [6.07, 6.45) is 1.37. The molecule has 290 valence electrons. The number of rotatable bonds is 16. The number of allylic oxidation sites excluding steroid dienone is 1. The van der Waals surface area contributed by atoms with Crippen molar-refractivity contribution in [2.75, 3.05) is 40.0 Å². The van der Waals surface area contributed by atoms with E-state index in [9.17, 15) is 29.1 Å². The Labute approximate surface area is 326 Å². The number of piperidine rings is 1. The van der Waals surface area contributed by atoms with Gasteiger partial charge in [0.2, 0.25) is 23.6 Å². The average molecular weight is 759 g/mol. The molecular weight excluding hydrogens is 713 g/mol. The zero-order valence-electron chi connectivity index (χ0n) is 31.6. The molecule has 0 aliphatic carbocycles. The molecule has 6 rings (SSSR count). The standard InChI is InChI=1S/C44H46N4O8/c1-3-36(30-7-5-4-6-8-30)42(31-10-14-34(49)15-11-31)32-12-16-35(17-13-32)56-24-22-47(2)41(52)28-55-23-21-45-40(51)26-29-9-18-37-33(25-29)27-48(44(37)54)38-19-20-39(50)46-43(38)53/h4-18,25,38,49H,3,19-24,26-28H2,1-2H3,(H,45,51)(H,46,50,53)/b42-36-/t38-/m1/s1. The lowest BCUT2D eigenvalue weighted by Crippen LogP contribution is -2.52. The van der Waals surface area contributed by atoms with Gasteiger partial charge in [-0.3, -0.25) is 29.3 Å². The van der Waals surface area contributed by atoms with E-state index >= 15 is 0 Å². The maximum Gasteiger partial charge on any atom is 0.255 e. The highest BCUT2D eigenvalue weighted by atomic mass is 16.5. The summed E-state index contributed by atoms with van der Waals surface area (Å²) < 4.78 is 11.5. The van der Waals surface area contributed by atoms with E-state index < -0.39 is 11.9 Å². The molecule has 2 aliphatic rings. The largest absolute Gasteiger partial charge is 0.508 e. The molecule has 0 saturated carbocycles. The van der Waals surface area contributed by atoms with E-state index in [1.165, 1.54) is 15.4 Å². The maximum absolute atomic E-state index is 12.9. The third-order valence-electron chi connectivity index (χ3n) is 9.94. The predicted octanol–water partition coefficient (Wildman–Crippen LogP) is 4.74. The van der Waals surface area contributed by atoms with E-state index in [0.29, 0.717) is 17.9 Å². The van der Waals surface area contributed by atoms with Crippen molar-refractivity contribution in [3.05, 3.63) is 130 Å². The van der Waals surface area contributed by atoms with E-state index in [-0.39, 0.29) is 81.6 Å². The summed E-state index contributed by atoms with van der Waals surface area (Å²) >= 11 is 0. The number of benzene rings is 4. The topological polar surface area (TPSA) is 155 Å². The average Bonchev–Trinajstić information content (AvgIpc) is 3.52. The van der Waals surface area contributed by atoms with Crippen LogP contribution in [0.3, 0.4) is 0 Å². The van der Waals surface area contributed by atoms with Gasteiger partial charge in [0.1, 0.15) is 30.8 Å². The SMILES string of the molecule is CC/C(=C(\c1ccc(O)cc1)c1ccc(OCCN(C)C(=O)COCCNC(=O)Cc2ccc3c(c2)CN([C@@H]2CCC(=O)NC2=O)C3=O)cc1)c1ccccc1. The summed E-state index contributed by atoms with van der Waals surface area (Å²) in [7, 11) is 1.68.